The SMILES string of the molecule is CCSCCN1C(=O)C(C)(C2CC2)NC(=O)C1(C)C1CC1. The second kappa shape index (κ2) is 5.18. The summed E-state index contributed by atoms with van der Waals surface area (Å²) < 4.78 is 0. The molecule has 0 bridgehead atoms. The lowest BCUT2D eigenvalue weighted by molar-refractivity contribution is -0.163. The van der Waals surface area contributed by atoms with E-state index in [2.05, 4.69) is 12.2 Å². The highest BCUT2D eigenvalue weighted by Crippen LogP contribution is 2.49. The zero-order valence-electron chi connectivity index (χ0n) is 13.3. The minimum Gasteiger partial charge on any atom is -0.340 e. The average molecular weight is 310 g/mol. The summed E-state index contributed by atoms with van der Waals surface area (Å²) in [5.41, 5.74) is -1.29. The topological polar surface area (TPSA) is 49.4 Å². The second-order valence-corrected chi connectivity index (χ2v) is 8.40. The van der Waals surface area contributed by atoms with Crippen LogP contribution in [0.4, 0.5) is 0 Å². The van der Waals surface area contributed by atoms with Crippen molar-refractivity contribution in [3.05, 3.63) is 0 Å². The Balaban J connectivity index is 1.87. The van der Waals surface area contributed by atoms with Gasteiger partial charge in [-0.05, 0) is 57.1 Å². The molecule has 3 fully saturated rings. The molecule has 21 heavy (non-hydrogen) atoms. The number of carbonyl (C=O) groups excluding carboxylic acids is 2. The molecular formula is C16H26N2O2S. The molecule has 0 aromatic rings. The lowest BCUT2D eigenvalue weighted by Crippen LogP contribution is -2.75. The number of hydrogen-bond donors (Lipinski definition) is 1. The van der Waals surface area contributed by atoms with Crippen molar-refractivity contribution in [2.45, 2.75) is 57.5 Å². The molecule has 2 amide bonds. The summed E-state index contributed by atoms with van der Waals surface area (Å²) in [6.07, 6.45) is 4.24. The van der Waals surface area contributed by atoms with Gasteiger partial charge < -0.3 is 10.2 Å². The molecule has 0 aromatic carbocycles. The van der Waals surface area contributed by atoms with Gasteiger partial charge >= 0.3 is 0 Å². The standard InChI is InChI=1S/C16H26N2O2S/c1-4-21-10-9-18-14(20)15(2,11-5-6-11)17-13(19)16(18,3)12-7-8-12/h11-12H,4-10H2,1-3H3,(H,17,19). The van der Waals surface area contributed by atoms with E-state index in [9.17, 15) is 9.59 Å². The van der Waals surface area contributed by atoms with Crippen molar-refractivity contribution in [1.82, 2.24) is 10.2 Å². The smallest absolute Gasteiger partial charge is 0.249 e. The third-order valence-electron chi connectivity index (χ3n) is 5.51. The molecule has 0 spiro atoms. The number of nitrogens with one attached hydrogen (secondary N) is 1. The summed E-state index contributed by atoms with van der Waals surface area (Å²) in [7, 11) is 0. The van der Waals surface area contributed by atoms with Gasteiger partial charge in [0.1, 0.15) is 11.1 Å². The molecule has 3 rings (SSSR count). The van der Waals surface area contributed by atoms with Crippen LogP contribution in [0.1, 0.15) is 46.5 Å². The molecule has 4 nitrogen and oxygen atoms in total. The molecule has 0 radical (unpaired) electrons. The summed E-state index contributed by atoms with van der Waals surface area (Å²) in [4.78, 5) is 27.9. The summed E-state index contributed by atoms with van der Waals surface area (Å²) in [6.45, 7) is 6.72. The fraction of sp³-hybridized carbons (Fsp3) is 0.875. The van der Waals surface area contributed by atoms with Gasteiger partial charge in [0.15, 0.2) is 0 Å². The van der Waals surface area contributed by atoms with E-state index >= 15 is 0 Å². The third kappa shape index (κ3) is 2.37. The highest BCUT2D eigenvalue weighted by molar-refractivity contribution is 7.99. The lowest BCUT2D eigenvalue weighted by atomic mass is 9.81. The average Bonchev–Trinajstić information content (AvgIpc) is 3.31. The Bertz CT molecular complexity index is 461. The zero-order valence-corrected chi connectivity index (χ0v) is 14.1. The number of thioether (sulfide) groups is 1. The van der Waals surface area contributed by atoms with E-state index in [0.717, 1.165) is 37.2 Å². The monoisotopic (exact) mass is 310 g/mol. The number of carbonyl (C=O) groups is 2. The van der Waals surface area contributed by atoms with Crippen molar-refractivity contribution in [1.29, 1.82) is 0 Å². The minimum atomic E-state index is -0.664. The van der Waals surface area contributed by atoms with Crippen LogP contribution in [0.2, 0.25) is 0 Å². The van der Waals surface area contributed by atoms with E-state index in [-0.39, 0.29) is 11.8 Å². The van der Waals surface area contributed by atoms with Gasteiger partial charge in [0.05, 0.1) is 0 Å². The van der Waals surface area contributed by atoms with E-state index in [1.165, 1.54) is 0 Å². The van der Waals surface area contributed by atoms with Crippen LogP contribution in [0.25, 0.3) is 0 Å². The molecule has 2 saturated carbocycles. The first-order valence-corrected chi connectivity index (χ1v) is 9.32. The maximum atomic E-state index is 13.1. The highest BCUT2D eigenvalue weighted by atomic mass is 32.2. The van der Waals surface area contributed by atoms with Gasteiger partial charge in [-0.3, -0.25) is 9.59 Å². The van der Waals surface area contributed by atoms with E-state index < -0.39 is 11.1 Å². The Morgan fingerprint density at radius 1 is 1.19 bits per heavy atom. The van der Waals surface area contributed by atoms with E-state index in [1.54, 1.807) is 0 Å². The van der Waals surface area contributed by atoms with Gasteiger partial charge in [0.2, 0.25) is 11.8 Å². The Morgan fingerprint density at radius 3 is 2.33 bits per heavy atom. The van der Waals surface area contributed by atoms with Gasteiger partial charge in [-0.2, -0.15) is 11.8 Å². The van der Waals surface area contributed by atoms with Crippen molar-refractivity contribution >= 4 is 23.6 Å². The number of hydrogen-bond acceptors (Lipinski definition) is 3. The molecule has 2 unspecified atom stereocenters. The molecule has 1 aliphatic heterocycles. The number of rotatable bonds is 6. The van der Waals surface area contributed by atoms with Crippen LogP contribution < -0.4 is 5.32 Å². The van der Waals surface area contributed by atoms with Crippen LogP contribution in [0.15, 0.2) is 0 Å². The molecule has 118 valence electrons. The highest BCUT2D eigenvalue weighted by Gasteiger charge is 2.62. The predicted octanol–water partition coefficient (Wildman–Crippen LogP) is 2.04. The van der Waals surface area contributed by atoms with Crippen LogP contribution in [0.3, 0.4) is 0 Å². The lowest BCUT2D eigenvalue weighted by Gasteiger charge is -2.51. The Hall–Kier alpha value is -0.710. The predicted molar refractivity (Wildman–Crippen MR) is 85.1 cm³/mol. The third-order valence-corrected chi connectivity index (χ3v) is 6.39. The van der Waals surface area contributed by atoms with Crippen LogP contribution in [-0.2, 0) is 9.59 Å². The van der Waals surface area contributed by atoms with Gasteiger partial charge in [-0.15, -0.1) is 0 Å². The maximum absolute atomic E-state index is 13.1. The fourth-order valence-corrected chi connectivity index (χ4v) is 4.25. The summed E-state index contributed by atoms with van der Waals surface area (Å²) in [5, 5.41) is 3.10. The van der Waals surface area contributed by atoms with E-state index in [4.69, 9.17) is 0 Å². The molecule has 2 aliphatic carbocycles. The largest absolute Gasteiger partial charge is 0.340 e. The molecule has 1 N–H and O–H groups in total. The van der Waals surface area contributed by atoms with Crippen LogP contribution in [0, 0.1) is 11.8 Å². The summed E-state index contributed by atoms with van der Waals surface area (Å²) in [5.74, 6) is 2.86. The van der Waals surface area contributed by atoms with Gasteiger partial charge in [0.25, 0.3) is 0 Å². The number of piperazine rings is 1. The van der Waals surface area contributed by atoms with Crippen LogP contribution >= 0.6 is 11.8 Å². The molecule has 1 saturated heterocycles. The number of nitrogens with zero attached hydrogens (tertiary/aromatic N) is 1. The molecule has 2 atom stereocenters. The second-order valence-electron chi connectivity index (χ2n) is 7.01. The summed E-state index contributed by atoms with van der Waals surface area (Å²) in [6, 6.07) is 0. The van der Waals surface area contributed by atoms with Crippen molar-refractivity contribution in [3.8, 4) is 0 Å². The van der Waals surface area contributed by atoms with Crippen molar-refractivity contribution in [2.75, 3.05) is 18.1 Å². The molecule has 1 heterocycles. The Kier molecular flexibility index (Phi) is 3.75. The Morgan fingerprint density at radius 2 is 1.81 bits per heavy atom. The van der Waals surface area contributed by atoms with Gasteiger partial charge in [-0.1, -0.05) is 6.92 Å². The first-order chi connectivity index (χ1) is 9.94. The van der Waals surface area contributed by atoms with Crippen LogP contribution in [-0.4, -0.2) is 45.8 Å². The zero-order chi connectivity index (χ0) is 15.3. The quantitative estimate of drug-likeness (QED) is 0.764. The van der Waals surface area contributed by atoms with E-state index in [1.807, 2.05) is 30.5 Å². The molecule has 0 aromatic heterocycles. The number of amides is 2. The fourth-order valence-electron chi connectivity index (χ4n) is 3.65. The van der Waals surface area contributed by atoms with E-state index in [0.29, 0.717) is 18.4 Å². The molecule has 3 aliphatic rings. The summed E-state index contributed by atoms with van der Waals surface area (Å²) >= 11 is 1.84. The van der Waals surface area contributed by atoms with Crippen molar-refractivity contribution in [3.63, 3.8) is 0 Å². The normalized spacial score (nSPS) is 36.8. The van der Waals surface area contributed by atoms with Crippen molar-refractivity contribution in [2.24, 2.45) is 11.8 Å². The van der Waals surface area contributed by atoms with Gasteiger partial charge in [0, 0.05) is 12.3 Å². The molecular weight excluding hydrogens is 284 g/mol. The first-order valence-electron chi connectivity index (χ1n) is 8.17. The maximum Gasteiger partial charge on any atom is 0.249 e. The Labute approximate surface area is 131 Å². The minimum absolute atomic E-state index is 0.0699. The van der Waals surface area contributed by atoms with Crippen molar-refractivity contribution < 1.29 is 9.59 Å². The van der Waals surface area contributed by atoms with Crippen LogP contribution in [0.5, 0.6) is 0 Å². The first kappa shape index (κ1) is 15.2. The molecule has 5 heteroatoms. The van der Waals surface area contributed by atoms with Gasteiger partial charge in [-0.25, -0.2) is 0 Å².